The van der Waals surface area contributed by atoms with Crippen LogP contribution in [0.15, 0.2) is 16.7 Å². The van der Waals surface area contributed by atoms with Crippen LogP contribution in [-0.4, -0.2) is 38.8 Å². The molecule has 0 aliphatic rings. The smallest absolute Gasteiger partial charge is 0.132 e. The molecule has 1 N–H and O–H groups in total. The molecule has 0 spiro atoms. The summed E-state index contributed by atoms with van der Waals surface area (Å²) in [5.74, 6) is 1.01. The number of halogens is 1. The summed E-state index contributed by atoms with van der Waals surface area (Å²) < 4.78 is 6.12. The van der Waals surface area contributed by atoms with Gasteiger partial charge in [-0.15, -0.1) is 0 Å². The van der Waals surface area contributed by atoms with Crippen LogP contribution in [-0.2, 0) is 11.3 Å². The van der Waals surface area contributed by atoms with Crippen LogP contribution in [0.2, 0.25) is 0 Å². The zero-order chi connectivity index (χ0) is 13.4. The maximum atomic E-state index is 5.10. The summed E-state index contributed by atoms with van der Waals surface area (Å²) in [6.45, 7) is 5.57. The molecule has 0 atom stereocenters. The first-order valence-electron chi connectivity index (χ1n) is 6.24. The minimum Gasteiger partial charge on any atom is -0.383 e. The van der Waals surface area contributed by atoms with Crippen molar-refractivity contribution in [1.82, 2.24) is 10.3 Å². The van der Waals surface area contributed by atoms with Gasteiger partial charge in [-0.25, -0.2) is 4.98 Å². The highest BCUT2D eigenvalue weighted by atomic mass is 79.9. The molecule has 1 heterocycles. The molecule has 0 aliphatic heterocycles. The summed E-state index contributed by atoms with van der Waals surface area (Å²) in [4.78, 5) is 6.62. The second-order valence-corrected chi connectivity index (χ2v) is 5.14. The Hall–Kier alpha value is -0.650. The molecule has 102 valence electrons. The molecule has 1 aromatic heterocycles. The van der Waals surface area contributed by atoms with Gasteiger partial charge in [0.15, 0.2) is 0 Å². The van der Waals surface area contributed by atoms with Crippen molar-refractivity contribution in [1.29, 1.82) is 0 Å². The lowest BCUT2D eigenvalue weighted by atomic mass is 10.2. The zero-order valence-electron chi connectivity index (χ0n) is 11.4. The highest BCUT2D eigenvalue weighted by Crippen LogP contribution is 2.20. The largest absolute Gasteiger partial charge is 0.383 e. The van der Waals surface area contributed by atoms with E-state index < -0.39 is 0 Å². The van der Waals surface area contributed by atoms with Gasteiger partial charge in [-0.1, -0.05) is 6.92 Å². The average molecular weight is 316 g/mol. The summed E-state index contributed by atoms with van der Waals surface area (Å²) in [5, 5.41) is 3.41. The second-order valence-electron chi connectivity index (χ2n) is 4.23. The van der Waals surface area contributed by atoms with Crippen LogP contribution in [0.5, 0.6) is 0 Å². The zero-order valence-corrected chi connectivity index (χ0v) is 13.0. The standard InChI is InChI=1S/C13H22BrN3O/c1-4-5-15-9-11-8-12(14)10-16-13(11)17(2)6-7-18-3/h8,10,15H,4-7,9H2,1-3H3. The minimum atomic E-state index is 0.704. The fourth-order valence-electron chi connectivity index (χ4n) is 1.68. The third-order valence-corrected chi connectivity index (χ3v) is 3.08. The van der Waals surface area contributed by atoms with Crippen molar-refractivity contribution >= 4 is 21.7 Å². The third kappa shape index (κ3) is 4.92. The number of pyridine rings is 1. The monoisotopic (exact) mass is 315 g/mol. The van der Waals surface area contributed by atoms with Gasteiger partial charge in [0.1, 0.15) is 5.82 Å². The van der Waals surface area contributed by atoms with Crippen LogP contribution < -0.4 is 10.2 Å². The molecule has 0 fully saturated rings. The maximum absolute atomic E-state index is 5.10. The molecule has 18 heavy (non-hydrogen) atoms. The highest BCUT2D eigenvalue weighted by molar-refractivity contribution is 9.10. The Balaban J connectivity index is 2.74. The lowest BCUT2D eigenvalue weighted by Gasteiger charge is -2.21. The van der Waals surface area contributed by atoms with E-state index in [1.807, 2.05) is 13.2 Å². The molecule has 1 aromatic rings. The summed E-state index contributed by atoms with van der Waals surface area (Å²) >= 11 is 3.47. The normalized spacial score (nSPS) is 10.7. The fourth-order valence-corrected chi connectivity index (χ4v) is 2.06. The van der Waals surface area contributed by atoms with Crippen molar-refractivity contribution in [2.24, 2.45) is 0 Å². The Labute approximate surface area is 118 Å². The predicted molar refractivity (Wildman–Crippen MR) is 79.1 cm³/mol. The first-order valence-corrected chi connectivity index (χ1v) is 7.03. The van der Waals surface area contributed by atoms with E-state index in [1.165, 1.54) is 5.56 Å². The van der Waals surface area contributed by atoms with E-state index in [4.69, 9.17) is 4.74 Å². The van der Waals surface area contributed by atoms with Gasteiger partial charge in [-0.3, -0.25) is 0 Å². The molecular formula is C13H22BrN3O. The molecule has 0 unspecified atom stereocenters. The van der Waals surface area contributed by atoms with Crippen molar-refractivity contribution in [2.75, 3.05) is 38.8 Å². The van der Waals surface area contributed by atoms with E-state index in [1.54, 1.807) is 7.11 Å². The first-order chi connectivity index (χ1) is 8.69. The highest BCUT2D eigenvalue weighted by Gasteiger charge is 2.09. The summed E-state index contributed by atoms with van der Waals surface area (Å²) in [7, 11) is 3.76. The molecule has 5 heteroatoms. The summed E-state index contributed by atoms with van der Waals surface area (Å²) in [6, 6.07) is 2.12. The molecule has 0 saturated heterocycles. The van der Waals surface area contributed by atoms with Crippen molar-refractivity contribution in [3.63, 3.8) is 0 Å². The van der Waals surface area contributed by atoms with E-state index in [2.05, 4.69) is 44.1 Å². The van der Waals surface area contributed by atoms with Gasteiger partial charge in [0.25, 0.3) is 0 Å². The Morgan fingerprint density at radius 2 is 2.28 bits per heavy atom. The number of likely N-dealkylation sites (N-methyl/N-ethyl adjacent to an activating group) is 1. The van der Waals surface area contributed by atoms with Crippen molar-refractivity contribution in [3.8, 4) is 0 Å². The summed E-state index contributed by atoms with van der Waals surface area (Å²) in [5.41, 5.74) is 1.21. The Kier molecular flexibility index (Phi) is 7.23. The number of nitrogens with zero attached hydrogens (tertiary/aromatic N) is 2. The SMILES string of the molecule is CCCNCc1cc(Br)cnc1N(C)CCOC. The van der Waals surface area contributed by atoms with Crippen LogP contribution in [0.25, 0.3) is 0 Å². The van der Waals surface area contributed by atoms with Crippen LogP contribution in [0.1, 0.15) is 18.9 Å². The molecule has 1 rings (SSSR count). The van der Waals surface area contributed by atoms with Crippen molar-refractivity contribution in [3.05, 3.63) is 22.3 Å². The van der Waals surface area contributed by atoms with Crippen LogP contribution in [0.3, 0.4) is 0 Å². The third-order valence-electron chi connectivity index (χ3n) is 2.64. The van der Waals surface area contributed by atoms with E-state index in [0.717, 1.165) is 36.3 Å². The topological polar surface area (TPSA) is 37.4 Å². The van der Waals surface area contributed by atoms with E-state index in [-0.39, 0.29) is 0 Å². The van der Waals surface area contributed by atoms with Crippen LogP contribution >= 0.6 is 15.9 Å². The van der Waals surface area contributed by atoms with Gasteiger partial charge in [-0.05, 0) is 35.0 Å². The maximum Gasteiger partial charge on any atom is 0.132 e. The molecule has 0 aromatic carbocycles. The molecule has 0 saturated carbocycles. The predicted octanol–water partition coefficient (Wildman–Crippen LogP) is 2.43. The van der Waals surface area contributed by atoms with Gasteiger partial charge < -0.3 is 15.0 Å². The van der Waals surface area contributed by atoms with Gasteiger partial charge in [0.05, 0.1) is 6.61 Å². The number of aromatic nitrogens is 1. The first kappa shape index (κ1) is 15.4. The minimum absolute atomic E-state index is 0.704. The molecule has 4 nitrogen and oxygen atoms in total. The lowest BCUT2D eigenvalue weighted by Crippen LogP contribution is -2.25. The number of hydrogen-bond acceptors (Lipinski definition) is 4. The van der Waals surface area contributed by atoms with Crippen LogP contribution in [0.4, 0.5) is 5.82 Å². The molecular weight excluding hydrogens is 294 g/mol. The molecule has 0 amide bonds. The van der Waals surface area contributed by atoms with Crippen molar-refractivity contribution in [2.45, 2.75) is 19.9 Å². The molecule has 0 radical (unpaired) electrons. The Bertz CT molecular complexity index is 360. The molecule has 0 bridgehead atoms. The number of anilines is 1. The fraction of sp³-hybridized carbons (Fsp3) is 0.615. The van der Waals surface area contributed by atoms with Crippen LogP contribution in [0, 0.1) is 0 Å². The average Bonchev–Trinajstić information content (AvgIpc) is 2.36. The number of rotatable bonds is 8. The summed E-state index contributed by atoms with van der Waals surface area (Å²) in [6.07, 6.45) is 2.97. The molecule has 0 aliphatic carbocycles. The van der Waals surface area contributed by atoms with Gasteiger partial charge in [0, 0.05) is 43.5 Å². The lowest BCUT2D eigenvalue weighted by molar-refractivity contribution is 0.206. The van der Waals surface area contributed by atoms with E-state index in [9.17, 15) is 0 Å². The van der Waals surface area contributed by atoms with E-state index in [0.29, 0.717) is 6.61 Å². The number of hydrogen-bond donors (Lipinski definition) is 1. The van der Waals surface area contributed by atoms with Gasteiger partial charge in [-0.2, -0.15) is 0 Å². The van der Waals surface area contributed by atoms with Gasteiger partial charge >= 0.3 is 0 Å². The van der Waals surface area contributed by atoms with Crippen molar-refractivity contribution < 1.29 is 4.74 Å². The second kappa shape index (κ2) is 8.45. The Morgan fingerprint density at radius 1 is 1.50 bits per heavy atom. The number of ether oxygens (including phenoxy) is 1. The number of methoxy groups -OCH3 is 1. The number of nitrogens with one attached hydrogen (secondary N) is 1. The Morgan fingerprint density at radius 3 is 2.94 bits per heavy atom. The van der Waals surface area contributed by atoms with Gasteiger partial charge in [0.2, 0.25) is 0 Å². The van der Waals surface area contributed by atoms with E-state index >= 15 is 0 Å². The quantitative estimate of drug-likeness (QED) is 0.748.